The van der Waals surface area contributed by atoms with Crippen LogP contribution in [0.4, 0.5) is 13.2 Å². The minimum absolute atomic E-state index is 0.148. The van der Waals surface area contributed by atoms with Gasteiger partial charge < -0.3 is 35.2 Å². The molecule has 11 heteroatoms. The van der Waals surface area contributed by atoms with Crippen molar-refractivity contribution in [2.75, 3.05) is 13.7 Å². The highest BCUT2D eigenvalue weighted by Crippen LogP contribution is 2.40. The second-order valence-corrected chi connectivity index (χ2v) is 7.83. The first-order valence-electron chi connectivity index (χ1n) is 9.95. The summed E-state index contributed by atoms with van der Waals surface area (Å²) in [6, 6.07) is 8.73. The van der Waals surface area contributed by atoms with Crippen molar-refractivity contribution in [1.29, 1.82) is 0 Å². The monoisotopic (exact) mass is 471 g/mol. The fourth-order valence-corrected chi connectivity index (χ4v) is 3.54. The maximum Gasteiger partial charge on any atom is 0.417 e. The van der Waals surface area contributed by atoms with Crippen LogP contribution < -0.4 is 10.1 Å². The smallest absolute Gasteiger partial charge is 0.417 e. The highest BCUT2D eigenvalue weighted by atomic mass is 19.4. The highest BCUT2D eigenvalue weighted by Gasteiger charge is 2.53. The zero-order valence-electron chi connectivity index (χ0n) is 17.7. The van der Waals surface area contributed by atoms with Gasteiger partial charge in [-0.05, 0) is 42.3 Å². The molecule has 0 bridgehead atoms. The van der Waals surface area contributed by atoms with Crippen molar-refractivity contribution in [1.82, 2.24) is 5.32 Å². The molecule has 0 aromatic heterocycles. The molecule has 1 aliphatic heterocycles. The average molecular weight is 471 g/mol. The zero-order valence-corrected chi connectivity index (χ0v) is 17.7. The summed E-state index contributed by atoms with van der Waals surface area (Å²) in [5, 5.41) is 42.3. The predicted molar refractivity (Wildman–Crippen MR) is 109 cm³/mol. The molecule has 3 rings (SSSR count). The fraction of sp³-hybridized carbons (Fsp3) is 0.409. The number of ether oxygens (including phenoxy) is 2. The second kappa shape index (κ2) is 9.27. The number of rotatable bonds is 5. The molecule has 0 saturated carbocycles. The Hall–Kier alpha value is -2.70. The number of alkyl halides is 3. The number of aliphatic hydroxyl groups excluding tert-OH is 3. The molecule has 5 atom stereocenters. The molecule has 33 heavy (non-hydrogen) atoms. The standard InChI is InChI=1S/C22H24F3NO7/c1-21(31)18(29)17(28)16(10-27)33-20(21)32-13-6-7-14(15(9-13)22(23,24)25)11-4-3-5-12(8-11)19(30)26-2/h3-9,16-18,20,27-29,31H,10H2,1-2H3,(H,26,30)/t16-,17-,18+,20+,21+/m1/s1. The van der Waals surface area contributed by atoms with Gasteiger partial charge in [0, 0.05) is 12.6 Å². The molecule has 1 amide bonds. The van der Waals surface area contributed by atoms with Crippen molar-refractivity contribution in [3.63, 3.8) is 0 Å². The largest absolute Gasteiger partial charge is 0.462 e. The molecular formula is C22H24F3NO7. The van der Waals surface area contributed by atoms with Gasteiger partial charge in [-0.15, -0.1) is 0 Å². The minimum Gasteiger partial charge on any atom is -0.462 e. The average Bonchev–Trinajstić information content (AvgIpc) is 2.78. The molecule has 5 N–H and O–H groups in total. The molecular weight excluding hydrogens is 447 g/mol. The Bertz CT molecular complexity index is 1010. The Morgan fingerprint density at radius 2 is 1.91 bits per heavy atom. The van der Waals surface area contributed by atoms with Crippen molar-refractivity contribution in [2.45, 2.75) is 43.3 Å². The van der Waals surface area contributed by atoms with Gasteiger partial charge >= 0.3 is 6.18 Å². The first-order valence-corrected chi connectivity index (χ1v) is 9.95. The molecule has 1 saturated heterocycles. The van der Waals surface area contributed by atoms with Gasteiger partial charge in [0.25, 0.3) is 5.91 Å². The summed E-state index contributed by atoms with van der Waals surface area (Å²) in [7, 11) is 1.40. The fourth-order valence-electron chi connectivity index (χ4n) is 3.54. The molecule has 1 fully saturated rings. The Balaban J connectivity index is 1.99. The van der Waals surface area contributed by atoms with E-state index in [1.807, 2.05) is 0 Å². The Kier molecular flexibility index (Phi) is 7.01. The first-order chi connectivity index (χ1) is 15.4. The van der Waals surface area contributed by atoms with Crippen molar-refractivity contribution in [2.24, 2.45) is 0 Å². The van der Waals surface area contributed by atoms with Crippen molar-refractivity contribution in [3.8, 4) is 16.9 Å². The van der Waals surface area contributed by atoms with Crippen molar-refractivity contribution < 1.29 is 47.9 Å². The number of hydrogen-bond acceptors (Lipinski definition) is 7. The van der Waals surface area contributed by atoms with Crippen molar-refractivity contribution in [3.05, 3.63) is 53.6 Å². The van der Waals surface area contributed by atoms with Gasteiger partial charge in [-0.1, -0.05) is 18.2 Å². The van der Waals surface area contributed by atoms with E-state index in [0.717, 1.165) is 13.0 Å². The van der Waals surface area contributed by atoms with Crippen LogP contribution in [0.2, 0.25) is 0 Å². The van der Waals surface area contributed by atoms with Gasteiger partial charge in [-0.25, -0.2) is 0 Å². The number of aliphatic hydroxyl groups is 4. The van der Waals surface area contributed by atoms with E-state index in [0.29, 0.717) is 6.07 Å². The van der Waals surface area contributed by atoms with E-state index in [-0.39, 0.29) is 22.4 Å². The quantitative estimate of drug-likeness (QED) is 0.445. The first kappa shape index (κ1) is 24.9. The summed E-state index contributed by atoms with van der Waals surface area (Å²) in [5.41, 5.74) is -3.14. The third-order valence-electron chi connectivity index (χ3n) is 5.46. The molecule has 0 unspecified atom stereocenters. The van der Waals surface area contributed by atoms with Crippen LogP contribution in [-0.4, -0.2) is 70.2 Å². The van der Waals surface area contributed by atoms with E-state index >= 15 is 0 Å². The third kappa shape index (κ3) is 4.97. The molecule has 0 aliphatic carbocycles. The third-order valence-corrected chi connectivity index (χ3v) is 5.46. The molecule has 0 spiro atoms. The van der Waals surface area contributed by atoms with E-state index in [1.54, 1.807) is 0 Å². The summed E-state index contributed by atoms with van der Waals surface area (Å²) in [4.78, 5) is 11.9. The second-order valence-electron chi connectivity index (χ2n) is 7.83. The van der Waals surface area contributed by atoms with Gasteiger partial charge in [0.1, 0.15) is 24.1 Å². The maximum absolute atomic E-state index is 13.9. The Morgan fingerprint density at radius 3 is 2.52 bits per heavy atom. The van der Waals surface area contributed by atoms with Gasteiger partial charge in [0.15, 0.2) is 5.60 Å². The van der Waals surface area contributed by atoms with Crippen LogP contribution in [0.25, 0.3) is 11.1 Å². The predicted octanol–water partition coefficient (Wildman–Crippen LogP) is 1.30. The number of halogens is 3. The SMILES string of the molecule is CNC(=O)c1cccc(-c2ccc(O[C@H]3O[C@H](CO)[C@@H](O)[C@H](O)[C@]3(C)O)cc2C(F)(F)F)c1. The summed E-state index contributed by atoms with van der Waals surface area (Å²) in [6.07, 6.45) is -11.2. The Labute approximate surface area is 187 Å². The van der Waals surface area contributed by atoms with Crippen LogP contribution in [0, 0.1) is 0 Å². The number of carbonyl (C=O) groups excluding carboxylic acids is 1. The van der Waals surface area contributed by atoms with E-state index < -0.39 is 54.5 Å². The van der Waals surface area contributed by atoms with Crippen LogP contribution in [0.5, 0.6) is 5.75 Å². The molecule has 1 heterocycles. The van der Waals surface area contributed by atoms with Crippen LogP contribution in [0.15, 0.2) is 42.5 Å². The maximum atomic E-state index is 13.9. The Morgan fingerprint density at radius 1 is 1.21 bits per heavy atom. The lowest BCUT2D eigenvalue weighted by Crippen LogP contribution is -2.66. The highest BCUT2D eigenvalue weighted by molar-refractivity contribution is 5.95. The number of carbonyl (C=O) groups is 1. The molecule has 1 aliphatic rings. The molecule has 2 aromatic carbocycles. The number of nitrogens with one attached hydrogen (secondary N) is 1. The lowest BCUT2D eigenvalue weighted by atomic mass is 9.88. The molecule has 180 valence electrons. The van der Waals surface area contributed by atoms with Crippen LogP contribution in [-0.2, 0) is 10.9 Å². The lowest BCUT2D eigenvalue weighted by Gasteiger charge is -2.45. The lowest BCUT2D eigenvalue weighted by molar-refractivity contribution is -0.314. The molecule has 2 aromatic rings. The number of benzene rings is 2. The van der Waals surface area contributed by atoms with Crippen LogP contribution in [0.3, 0.4) is 0 Å². The summed E-state index contributed by atoms with van der Waals surface area (Å²) in [5.74, 6) is -0.791. The van der Waals surface area contributed by atoms with Gasteiger partial charge in [-0.2, -0.15) is 13.2 Å². The van der Waals surface area contributed by atoms with Gasteiger partial charge in [-0.3, -0.25) is 4.79 Å². The van der Waals surface area contributed by atoms with E-state index in [9.17, 15) is 38.4 Å². The molecule has 0 radical (unpaired) electrons. The zero-order chi connectivity index (χ0) is 24.6. The minimum atomic E-state index is -4.79. The van der Waals surface area contributed by atoms with Crippen molar-refractivity contribution >= 4 is 5.91 Å². The van der Waals surface area contributed by atoms with E-state index in [1.165, 1.54) is 37.4 Å². The van der Waals surface area contributed by atoms with E-state index in [4.69, 9.17) is 9.47 Å². The normalized spacial score (nSPS) is 27.8. The van der Waals surface area contributed by atoms with Crippen LogP contribution >= 0.6 is 0 Å². The summed E-state index contributed by atoms with van der Waals surface area (Å²) < 4.78 is 52.3. The summed E-state index contributed by atoms with van der Waals surface area (Å²) in [6.45, 7) is 0.366. The summed E-state index contributed by atoms with van der Waals surface area (Å²) >= 11 is 0. The molecule has 8 nitrogen and oxygen atoms in total. The van der Waals surface area contributed by atoms with Gasteiger partial charge in [0.05, 0.1) is 12.2 Å². The van der Waals surface area contributed by atoms with Gasteiger partial charge in [0.2, 0.25) is 6.29 Å². The topological polar surface area (TPSA) is 128 Å². The number of amides is 1. The van der Waals surface area contributed by atoms with Crippen LogP contribution in [0.1, 0.15) is 22.8 Å². The van der Waals surface area contributed by atoms with E-state index in [2.05, 4.69) is 5.32 Å². The number of hydrogen-bond donors (Lipinski definition) is 5.